The van der Waals surface area contributed by atoms with Gasteiger partial charge in [0.25, 0.3) is 0 Å². The Morgan fingerprint density at radius 3 is 2.07 bits per heavy atom. The normalized spacial score (nSPS) is 20.9. The van der Waals surface area contributed by atoms with E-state index >= 15 is 0 Å². The minimum Gasteiger partial charge on any atom is -0.466 e. The monoisotopic (exact) mass is 202 g/mol. The molecular formula is C9H14O5. The third-order valence-electron chi connectivity index (χ3n) is 1.81. The average molecular weight is 202 g/mol. The smallest absolute Gasteiger partial charge is 0.466 e. The van der Waals surface area contributed by atoms with Crippen molar-refractivity contribution in [3.63, 3.8) is 0 Å². The Hall–Kier alpha value is -1.26. The molecule has 14 heavy (non-hydrogen) atoms. The second kappa shape index (κ2) is 6.23. The second-order valence-corrected chi connectivity index (χ2v) is 2.98. The van der Waals surface area contributed by atoms with Crippen LogP contribution in [0, 0.1) is 0 Å². The summed E-state index contributed by atoms with van der Waals surface area (Å²) in [6, 6.07) is 0. The SMILES string of the molecule is O=C1CCCCCO1.O=C1OCCO1. The highest BCUT2D eigenvalue weighted by Crippen LogP contribution is 2.06. The van der Waals surface area contributed by atoms with Gasteiger partial charge in [0.2, 0.25) is 0 Å². The molecule has 0 radical (unpaired) electrons. The summed E-state index contributed by atoms with van der Waals surface area (Å²) in [6.45, 7) is 1.47. The molecule has 2 fully saturated rings. The molecule has 2 heterocycles. The van der Waals surface area contributed by atoms with Crippen LogP contribution in [-0.4, -0.2) is 31.9 Å². The fraction of sp³-hybridized carbons (Fsp3) is 0.778. The number of hydrogen-bond donors (Lipinski definition) is 0. The summed E-state index contributed by atoms with van der Waals surface area (Å²) in [4.78, 5) is 20.3. The van der Waals surface area contributed by atoms with Crippen molar-refractivity contribution >= 4 is 12.1 Å². The quantitative estimate of drug-likeness (QED) is 0.553. The van der Waals surface area contributed by atoms with E-state index in [9.17, 15) is 9.59 Å². The molecule has 2 aliphatic heterocycles. The Morgan fingerprint density at radius 2 is 1.50 bits per heavy atom. The van der Waals surface area contributed by atoms with Crippen molar-refractivity contribution in [2.24, 2.45) is 0 Å². The van der Waals surface area contributed by atoms with Crippen LogP contribution in [0.5, 0.6) is 0 Å². The highest BCUT2D eigenvalue weighted by atomic mass is 16.8. The highest BCUT2D eigenvalue weighted by Gasteiger charge is 2.09. The number of hydrogen-bond acceptors (Lipinski definition) is 5. The second-order valence-electron chi connectivity index (χ2n) is 2.98. The van der Waals surface area contributed by atoms with Gasteiger partial charge in [-0.25, -0.2) is 4.79 Å². The zero-order chi connectivity index (χ0) is 10.2. The van der Waals surface area contributed by atoms with Gasteiger partial charge >= 0.3 is 12.1 Å². The van der Waals surface area contributed by atoms with Crippen molar-refractivity contribution in [3.8, 4) is 0 Å². The molecule has 0 amide bonds. The third kappa shape index (κ3) is 4.69. The molecule has 5 heteroatoms. The van der Waals surface area contributed by atoms with Crippen molar-refractivity contribution < 1.29 is 23.8 Å². The number of rotatable bonds is 0. The Morgan fingerprint density at radius 1 is 0.786 bits per heavy atom. The van der Waals surface area contributed by atoms with E-state index < -0.39 is 6.16 Å². The largest absolute Gasteiger partial charge is 0.508 e. The van der Waals surface area contributed by atoms with Gasteiger partial charge in [-0.3, -0.25) is 4.79 Å². The van der Waals surface area contributed by atoms with Gasteiger partial charge in [-0.1, -0.05) is 0 Å². The van der Waals surface area contributed by atoms with Gasteiger partial charge in [0.05, 0.1) is 6.61 Å². The van der Waals surface area contributed by atoms with Crippen LogP contribution < -0.4 is 0 Å². The average Bonchev–Trinajstić information content (AvgIpc) is 2.51. The lowest BCUT2D eigenvalue weighted by Gasteiger charge is -1.93. The van der Waals surface area contributed by atoms with Crippen molar-refractivity contribution in [2.75, 3.05) is 19.8 Å². The molecule has 2 saturated heterocycles. The molecule has 0 atom stereocenters. The maximum Gasteiger partial charge on any atom is 0.508 e. The molecule has 0 aliphatic carbocycles. The first kappa shape index (κ1) is 10.8. The lowest BCUT2D eigenvalue weighted by atomic mass is 10.2. The van der Waals surface area contributed by atoms with E-state index in [2.05, 4.69) is 9.47 Å². The highest BCUT2D eigenvalue weighted by molar-refractivity contribution is 5.69. The number of cyclic esters (lactones) is 3. The van der Waals surface area contributed by atoms with Crippen molar-refractivity contribution in [1.29, 1.82) is 0 Å². The summed E-state index contributed by atoms with van der Waals surface area (Å²) in [5.74, 6) is -0.0255. The van der Waals surface area contributed by atoms with E-state index in [0.29, 0.717) is 26.2 Å². The maximum atomic E-state index is 10.5. The molecule has 0 saturated carbocycles. The van der Waals surface area contributed by atoms with Crippen LogP contribution in [0.2, 0.25) is 0 Å². The first-order valence-corrected chi connectivity index (χ1v) is 4.74. The first-order chi connectivity index (χ1) is 6.79. The molecule has 2 rings (SSSR count). The number of carbonyl (C=O) groups is 2. The van der Waals surface area contributed by atoms with Crippen molar-refractivity contribution in [2.45, 2.75) is 25.7 Å². The van der Waals surface area contributed by atoms with Gasteiger partial charge in [0.1, 0.15) is 13.2 Å². The molecule has 0 unspecified atom stereocenters. The van der Waals surface area contributed by atoms with Gasteiger partial charge in [-0.2, -0.15) is 0 Å². The van der Waals surface area contributed by atoms with Crippen molar-refractivity contribution in [1.82, 2.24) is 0 Å². The van der Waals surface area contributed by atoms with E-state index in [1.54, 1.807) is 0 Å². The van der Waals surface area contributed by atoms with Crippen molar-refractivity contribution in [3.05, 3.63) is 0 Å². The van der Waals surface area contributed by atoms with Gasteiger partial charge in [-0.05, 0) is 19.3 Å². The maximum absolute atomic E-state index is 10.5. The lowest BCUT2D eigenvalue weighted by Crippen LogP contribution is -2.00. The molecule has 5 nitrogen and oxygen atoms in total. The zero-order valence-electron chi connectivity index (χ0n) is 7.99. The lowest BCUT2D eigenvalue weighted by molar-refractivity contribution is -0.142. The van der Waals surface area contributed by atoms with Gasteiger partial charge in [0.15, 0.2) is 0 Å². The predicted octanol–water partition coefficient (Wildman–Crippen LogP) is 1.26. The minimum absolute atomic E-state index is 0.0255. The van der Waals surface area contributed by atoms with Gasteiger partial charge < -0.3 is 14.2 Å². The fourth-order valence-electron chi connectivity index (χ4n) is 1.10. The van der Waals surface area contributed by atoms with E-state index in [4.69, 9.17) is 4.74 Å². The Balaban J connectivity index is 0.000000146. The summed E-state index contributed by atoms with van der Waals surface area (Å²) < 4.78 is 13.3. The Labute approximate surface area is 82.3 Å². The third-order valence-corrected chi connectivity index (χ3v) is 1.81. The zero-order valence-corrected chi connectivity index (χ0v) is 7.99. The van der Waals surface area contributed by atoms with E-state index in [-0.39, 0.29) is 5.97 Å². The van der Waals surface area contributed by atoms with Crippen LogP contribution in [0.4, 0.5) is 4.79 Å². The van der Waals surface area contributed by atoms with Crippen LogP contribution >= 0.6 is 0 Å². The molecule has 0 spiro atoms. The summed E-state index contributed by atoms with van der Waals surface area (Å²) in [7, 11) is 0. The summed E-state index contributed by atoms with van der Waals surface area (Å²) in [5, 5.41) is 0. The Kier molecular flexibility index (Phi) is 4.82. The van der Waals surface area contributed by atoms with Crippen LogP contribution in [0.3, 0.4) is 0 Å². The molecule has 0 N–H and O–H groups in total. The van der Waals surface area contributed by atoms with Gasteiger partial charge in [-0.15, -0.1) is 0 Å². The summed E-state index contributed by atoms with van der Waals surface area (Å²) in [6.07, 6.45) is 3.28. The predicted molar refractivity (Wildman–Crippen MR) is 46.7 cm³/mol. The number of carbonyl (C=O) groups excluding carboxylic acids is 2. The molecule has 80 valence electrons. The van der Waals surface area contributed by atoms with Crippen LogP contribution in [-0.2, 0) is 19.0 Å². The molecule has 0 bridgehead atoms. The topological polar surface area (TPSA) is 61.8 Å². The minimum atomic E-state index is -0.546. The molecule has 2 aliphatic rings. The number of esters is 1. The summed E-state index contributed by atoms with van der Waals surface area (Å²) in [5.41, 5.74) is 0. The van der Waals surface area contributed by atoms with E-state index in [0.717, 1.165) is 19.3 Å². The molecule has 0 aromatic rings. The van der Waals surface area contributed by atoms with Crippen LogP contribution in [0.25, 0.3) is 0 Å². The fourth-order valence-corrected chi connectivity index (χ4v) is 1.10. The Bertz CT molecular complexity index is 183. The van der Waals surface area contributed by atoms with E-state index in [1.807, 2.05) is 0 Å². The van der Waals surface area contributed by atoms with Gasteiger partial charge in [0, 0.05) is 6.42 Å². The standard InChI is InChI=1S/C6H10O2.C3H4O3/c7-6-4-2-1-3-5-8-6;4-3-5-1-2-6-3/h1-5H2;1-2H2. The first-order valence-electron chi connectivity index (χ1n) is 4.74. The van der Waals surface area contributed by atoms with E-state index in [1.165, 1.54) is 0 Å². The van der Waals surface area contributed by atoms with Crippen LogP contribution in [0.1, 0.15) is 25.7 Å². The molecular weight excluding hydrogens is 188 g/mol. The molecule has 0 aromatic carbocycles. The molecule has 0 aromatic heterocycles. The number of ether oxygens (including phenoxy) is 3. The summed E-state index contributed by atoms with van der Waals surface area (Å²) >= 11 is 0. The van der Waals surface area contributed by atoms with Crippen LogP contribution in [0.15, 0.2) is 0 Å².